The second-order valence-electron chi connectivity index (χ2n) is 29.9. The van der Waals surface area contributed by atoms with E-state index in [0.29, 0.717) is 25.7 Å². The third-order valence-electron chi connectivity index (χ3n) is 20.0. The van der Waals surface area contributed by atoms with Crippen molar-refractivity contribution in [3.8, 4) is 0 Å². The van der Waals surface area contributed by atoms with Crippen LogP contribution in [0.15, 0.2) is 0 Å². The van der Waals surface area contributed by atoms with E-state index in [1.54, 1.807) is 0 Å². The summed E-state index contributed by atoms with van der Waals surface area (Å²) in [5, 5.41) is 10.6. The van der Waals surface area contributed by atoms with Gasteiger partial charge < -0.3 is 33.8 Å². The lowest BCUT2D eigenvalue weighted by Crippen LogP contribution is -2.30. The zero-order valence-electron chi connectivity index (χ0n) is 65.7. The van der Waals surface area contributed by atoms with E-state index in [4.69, 9.17) is 37.0 Å². The van der Waals surface area contributed by atoms with Crippen LogP contribution in [-0.2, 0) is 65.4 Å². The summed E-state index contributed by atoms with van der Waals surface area (Å²) in [6, 6.07) is 0. The fourth-order valence-corrected chi connectivity index (χ4v) is 14.0. The number of rotatable bonds is 79. The number of hydrogen-bond donors (Lipinski definition) is 3. The first-order chi connectivity index (χ1) is 48.3. The van der Waals surface area contributed by atoms with Gasteiger partial charge in [-0.3, -0.25) is 37.3 Å². The van der Waals surface area contributed by atoms with Crippen LogP contribution in [0, 0.1) is 17.8 Å². The molecule has 0 rings (SSSR count). The van der Waals surface area contributed by atoms with Crippen LogP contribution in [0.2, 0.25) is 0 Å². The van der Waals surface area contributed by atoms with E-state index in [0.717, 1.165) is 108 Å². The normalized spacial score (nSPS) is 14.8. The van der Waals surface area contributed by atoms with Crippen molar-refractivity contribution in [3.63, 3.8) is 0 Å². The maximum atomic E-state index is 13.1. The Morgan fingerprint density at radius 1 is 0.280 bits per heavy atom. The van der Waals surface area contributed by atoms with Crippen LogP contribution in [0.3, 0.4) is 0 Å². The molecular weight excluding hydrogens is 1310 g/mol. The van der Waals surface area contributed by atoms with Gasteiger partial charge in [0.1, 0.15) is 19.3 Å². The molecule has 0 aromatic carbocycles. The van der Waals surface area contributed by atoms with Crippen LogP contribution in [0.1, 0.15) is 421 Å². The van der Waals surface area contributed by atoms with Crippen molar-refractivity contribution in [2.75, 3.05) is 39.6 Å². The van der Waals surface area contributed by atoms with Gasteiger partial charge in [-0.15, -0.1) is 0 Å². The average Bonchev–Trinajstić information content (AvgIpc) is 0.962. The number of carbonyl (C=O) groups is 4. The van der Waals surface area contributed by atoms with Gasteiger partial charge in [-0.1, -0.05) is 370 Å². The second-order valence-corrected chi connectivity index (χ2v) is 32.8. The highest BCUT2D eigenvalue weighted by molar-refractivity contribution is 7.47. The lowest BCUT2D eigenvalue weighted by atomic mass is 9.99. The highest BCUT2D eigenvalue weighted by Gasteiger charge is 2.30. The van der Waals surface area contributed by atoms with Crippen LogP contribution in [0.4, 0.5) is 0 Å². The molecule has 100 heavy (non-hydrogen) atoms. The largest absolute Gasteiger partial charge is 0.472 e. The quantitative estimate of drug-likeness (QED) is 0.0222. The van der Waals surface area contributed by atoms with Gasteiger partial charge in [0, 0.05) is 25.7 Å². The van der Waals surface area contributed by atoms with Crippen molar-refractivity contribution in [1.82, 2.24) is 0 Å². The Morgan fingerprint density at radius 2 is 0.480 bits per heavy atom. The molecule has 17 nitrogen and oxygen atoms in total. The van der Waals surface area contributed by atoms with E-state index in [2.05, 4.69) is 48.5 Å². The molecule has 0 spiro atoms. The molecule has 0 radical (unpaired) electrons. The van der Waals surface area contributed by atoms with Crippen molar-refractivity contribution in [2.24, 2.45) is 17.8 Å². The maximum Gasteiger partial charge on any atom is 0.472 e. The number of phosphoric acid groups is 2. The van der Waals surface area contributed by atoms with Gasteiger partial charge >= 0.3 is 39.5 Å². The smallest absolute Gasteiger partial charge is 0.462 e. The minimum absolute atomic E-state index is 0.103. The zero-order valence-corrected chi connectivity index (χ0v) is 67.5. The van der Waals surface area contributed by atoms with E-state index in [1.807, 2.05) is 0 Å². The fourth-order valence-electron chi connectivity index (χ4n) is 12.4. The summed E-state index contributed by atoms with van der Waals surface area (Å²) in [6.07, 6.45) is 59.7. The highest BCUT2D eigenvalue weighted by Crippen LogP contribution is 2.45. The maximum absolute atomic E-state index is 13.1. The van der Waals surface area contributed by atoms with E-state index in [-0.39, 0.29) is 25.7 Å². The van der Waals surface area contributed by atoms with Crippen molar-refractivity contribution in [1.29, 1.82) is 0 Å². The lowest BCUT2D eigenvalue weighted by molar-refractivity contribution is -0.161. The molecule has 0 aliphatic heterocycles. The number of unbranched alkanes of at least 4 members (excludes halogenated alkanes) is 44. The molecule has 5 unspecified atom stereocenters. The van der Waals surface area contributed by atoms with Crippen LogP contribution in [0.25, 0.3) is 0 Å². The summed E-state index contributed by atoms with van der Waals surface area (Å²) in [7, 11) is -9.92. The Bertz CT molecular complexity index is 1950. The predicted octanol–water partition coefficient (Wildman–Crippen LogP) is 24.1. The van der Waals surface area contributed by atoms with Crippen molar-refractivity contribution >= 4 is 39.5 Å². The van der Waals surface area contributed by atoms with Crippen LogP contribution < -0.4 is 0 Å². The van der Waals surface area contributed by atoms with Gasteiger partial charge in [0.2, 0.25) is 0 Å². The fraction of sp³-hybridized carbons (Fsp3) is 0.951. The summed E-state index contributed by atoms with van der Waals surface area (Å²) in [5.41, 5.74) is 0. The molecule has 0 aromatic rings. The number of hydrogen-bond acceptors (Lipinski definition) is 15. The van der Waals surface area contributed by atoms with Crippen LogP contribution in [-0.4, -0.2) is 96.7 Å². The average molecular weight is 1470 g/mol. The van der Waals surface area contributed by atoms with Gasteiger partial charge in [0.05, 0.1) is 26.4 Å². The van der Waals surface area contributed by atoms with Crippen molar-refractivity contribution in [3.05, 3.63) is 0 Å². The molecule has 19 heteroatoms. The minimum Gasteiger partial charge on any atom is -0.462 e. The second kappa shape index (κ2) is 71.3. The van der Waals surface area contributed by atoms with Crippen molar-refractivity contribution in [2.45, 2.75) is 439 Å². The Morgan fingerprint density at radius 3 is 0.710 bits per heavy atom. The van der Waals surface area contributed by atoms with E-state index < -0.39 is 97.5 Å². The molecule has 8 atom stereocenters. The first kappa shape index (κ1) is 98.1. The monoisotopic (exact) mass is 1470 g/mol. The SMILES string of the molecule is CCCCCCCCCCCCC(=O)OC[C@H](COP(=O)(O)OC[C@H](O)COP(=O)(O)OC[C@@H](COC(=O)CCCCCCCCCCCCCCCCC(C)CC)OC(=O)CCCCCCCCCCCCCCCCCCCCC(C)CC)OC(=O)CCCCCCCCC(C)CC. The highest BCUT2D eigenvalue weighted by atomic mass is 31.2. The summed E-state index contributed by atoms with van der Waals surface area (Å²) in [6.45, 7) is 12.0. The third kappa shape index (κ3) is 70.4. The molecule has 3 N–H and O–H groups in total. The summed E-state index contributed by atoms with van der Waals surface area (Å²) in [4.78, 5) is 72.9. The number of phosphoric ester groups is 2. The standard InChI is InChI=1S/C81H158O17P2/c1-8-12-13-14-15-16-35-40-48-55-62-78(83)92-69-77(98-81(86)65-58-51-44-43-47-54-61-74(7)11-4)71-96-100(89,90)94-67-75(82)66-93-99(87,88)95-70-76(68-91-79(84)63-56-49-41-36-31-27-24-23-26-30-34-39-46-53-60-73(6)10-3)97-80(85)64-57-50-42-37-32-28-22-20-18-17-19-21-25-29-33-38-45-52-59-72(5)9-2/h72-77,82H,8-71H2,1-7H3,(H,87,88)(H,89,90)/t72?,73?,74?,75-,76-,77-/m1/s1. The van der Waals surface area contributed by atoms with Crippen LogP contribution >= 0.6 is 15.6 Å². The molecule has 594 valence electrons. The number of aliphatic hydroxyl groups is 1. The Balaban J connectivity index is 5.20. The molecule has 0 saturated heterocycles. The molecular formula is C81H158O17P2. The molecule has 0 bridgehead atoms. The van der Waals surface area contributed by atoms with Crippen molar-refractivity contribution < 1.29 is 80.2 Å². The van der Waals surface area contributed by atoms with Gasteiger partial charge in [0.25, 0.3) is 0 Å². The summed E-state index contributed by atoms with van der Waals surface area (Å²) in [5.74, 6) is 0.326. The molecule has 0 fully saturated rings. The lowest BCUT2D eigenvalue weighted by Gasteiger charge is -2.21. The Kier molecular flexibility index (Phi) is 69.9. The molecule has 0 aliphatic carbocycles. The van der Waals surface area contributed by atoms with Gasteiger partial charge in [-0.2, -0.15) is 0 Å². The molecule has 0 heterocycles. The van der Waals surface area contributed by atoms with E-state index in [1.165, 1.54) is 231 Å². The first-order valence-corrected chi connectivity index (χ1v) is 45.0. The zero-order chi connectivity index (χ0) is 73.7. The van der Waals surface area contributed by atoms with E-state index >= 15 is 0 Å². The Labute approximate surface area is 613 Å². The number of esters is 4. The number of ether oxygens (including phenoxy) is 4. The third-order valence-corrected chi connectivity index (χ3v) is 21.9. The first-order valence-electron chi connectivity index (χ1n) is 42.0. The summed E-state index contributed by atoms with van der Waals surface area (Å²) >= 11 is 0. The number of aliphatic hydroxyl groups excluding tert-OH is 1. The topological polar surface area (TPSA) is 237 Å². The predicted molar refractivity (Wildman–Crippen MR) is 409 cm³/mol. The molecule has 0 amide bonds. The van der Waals surface area contributed by atoms with E-state index in [9.17, 15) is 43.2 Å². The number of carbonyl (C=O) groups excluding carboxylic acids is 4. The minimum atomic E-state index is -4.96. The van der Waals surface area contributed by atoms with Crippen LogP contribution in [0.5, 0.6) is 0 Å². The Hall–Kier alpha value is -1.94. The van der Waals surface area contributed by atoms with Gasteiger partial charge in [-0.25, -0.2) is 9.13 Å². The van der Waals surface area contributed by atoms with Gasteiger partial charge in [0.15, 0.2) is 12.2 Å². The van der Waals surface area contributed by atoms with Gasteiger partial charge in [-0.05, 0) is 43.4 Å². The molecule has 0 saturated carbocycles. The molecule has 0 aliphatic rings. The summed E-state index contributed by atoms with van der Waals surface area (Å²) < 4.78 is 68.6. The molecule has 0 aromatic heterocycles.